The summed E-state index contributed by atoms with van der Waals surface area (Å²) in [5, 5.41) is 9.26. The number of allylic oxidation sites excluding steroid dienone is 1. The van der Waals surface area contributed by atoms with Crippen LogP contribution in [0.2, 0.25) is 0 Å². The van der Waals surface area contributed by atoms with E-state index >= 15 is 0 Å². The average molecular weight is 238 g/mol. The molecule has 2 bridgehead atoms. The van der Waals surface area contributed by atoms with Crippen LogP contribution in [-0.2, 0) is 14.3 Å². The van der Waals surface area contributed by atoms with Gasteiger partial charge in [-0.2, -0.15) is 0 Å². The molecule has 0 aromatic carbocycles. The SMILES string of the molecule is COC(=O)/C=C/C12CCC(C(=O)O)(CC1)CC2. The number of hydrogen-bond acceptors (Lipinski definition) is 3. The second-order valence-corrected chi connectivity index (χ2v) is 5.30. The molecule has 3 aliphatic rings. The lowest BCUT2D eigenvalue weighted by Gasteiger charge is -2.50. The Morgan fingerprint density at radius 1 is 1.12 bits per heavy atom. The van der Waals surface area contributed by atoms with Crippen molar-refractivity contribution in [3.8, 4) is 0 Å². The normalized spacial score (nSPS) is 36.1. The molecule has 0 radical (unpaired) electrons. The second kappa shape index (κ2) is 4.17. The fourth-order valence-electron chi connectivity index (χ4n) is 3.10. The molecule has 4 heteroatoms. The summed E-state index contributed by atoms with van der Waals surface area (Å²) in [6.07, 6.45) is 8.21. The number of hydrogen-bond donors (Lipinski definition) is 1. The van der Waals surface area contributed by atoms with Crippen LogP contribution in [0.5, 0.6) is 0 Å². The predicted molar refractivity (Wildman–Crippen MR) is 61.4 cm³/mol. The Morgan fingerprint density at radius 3 is 2.06 bits per heavy atom. The van der Waals surface area contributed by atoms with Gasteiger partial charge in [-0.15, -0.1) is 0 Å². The van der Waals surface area contributed by atoms with Gasteiger partial charge in [0.15, 0.2) is 0 Å². The number of methoxy groups -OCH3 is 1. The maximum absolute atomic E-state index is 11.3. The Kier molecular flexibility index (Phi) is 2.98. The molecule has 0 aromatic heterocycles. The van der Waals surface area contributed by atoms with Crippen LogP contribution in [0.1, 0.15) is 38.5 Å². The van der Waals surface area contributed by atoms with Crippen molar-refractivity contribution in [2.24, 2.45) is 10.8 Å². The molecule has 0 atom stereocenters. The lowest BCUT2D eigenvalue weighted by molar-refractivity contribution is -0.157. The molecule has 0 unspecified atom stereocenters. The number of carboxylic acids is 1. The van der Waals surface area contributed by atoms with Gasteiger partial charge in [0.05, 0.1) is 12.5 Å². The number of rotatable bonds is 3. The van der Waals surface area contributed by atoms with E-state index in [-0.39, 0.29) is 11.4 Å². The summed E-state index contributed by atoms with van der Waals surface area (Å²) in [6, 6.07) is 0. The highest BCUT2D eigenvalue weighted by molar-refractivity contribution is 5.82. The van der Waals surface area contributed by atoms with Crippen LogP contribution in [0.25, 0.3) is 0 Å². The number of carboxylic acid groups (broad SMARTS) is 1. The molecular formula is C13H18O4. The third-order valence-corrected chi connectivity index (χ3v) is 4.53. The average Bonchev–Trinajstić information content (AvgIpc) is 2.38. The van der Waals surface area contributed by atoms with Crippen LogP contribution >= 0.6 is 0 Å². The van der Waals surface area contributed by atoms with Gasteiger partial charge in [-0.05, 0) is 43.9 Å². The molecule has 3 fully saturated rings. The second-order valence-electron chi connectivity index (χ2n) is 5.30. The molecular weight excluding hydrogens is 220 g/mol. The first-order valence-electron chi connectivity index (χ1n) is 6.03. The first-order valence-corrected chi connectivity index (χ1v) is 6.03. The molecule has 17 heavy (non-hydrogen) atoms. The summed E-state index contributed by atoms with van der Waals surface area (Å²) < 4.78 is 4.58. The fourth-order valence-corrected chi connectivity index (χ4v) is 3.10. The van der Waals surface area contributed by atoms with Crippen LogP contribution in [0.3, 0.4) is 0 Å². The topological polar surface area (TPSA) is 63.6 Å². The third-order valence-electron chi connectivity index (χ3n) is 4.53. The molecule has 3 saturated carbocycles. The van der Waals surface area contributed by atoms with E-state index in [1.165, 1.54) is 13.2 Å². The van der Waals surface area contributed by atoms with E-state index in [9.17, 15) is 14.7 Å². The minimum Gasteiger partial charge on any atom is -0.481 e. The Bertz CT molecular complexity index is 345. The zero-order valence-corrected chi connectivity index (χ0v) is 10.1. The zero-order chi connectivity index (χ0) is 12.5. The summed E-state index contributed by atoms with van der Waals surface area (Å²) >= 11 is 0. The van der Waals surface area contributed by atoms with Crippen molar-refractivity contribution in [1.82, 2.24) is 0 Å². The Morgan fingerprint density at radius 2 is 1.65 bits per heavy atom. The number of fused-ring (bicyclic) bond motifs is 3. The molecule has 0 heterocycles. The van der Waals surface area contributed by atoms with E-state index in [2.05, 4.69) is 4.74 Å². The van der Waals surface area contributed by atoms with E-state index in [4.69, 9.17) is 0 Å². The van der Waals surface area contributed by atoms with Crippen LogP contribution < -0.4 is 0 Å². The van der Waals surface area contributed by atoms with Crippen molar-refractivity contribution in [2.75, 3.05) is 7.11 Å². The number of ether oxygens (including phenoxy) is 1. The molecule has 3 rings (SSSR count). The van der Waals surface area contributed by atoms with E-state index in [1.54, 1.807) is 0 Å². The minimum atomic E-state index is -0.650. The maximum Gasteiger partial charge on any atom is 0.330 e. The molecule has 1 N–H and O–H groups in total. The van der Waals surface area contributed by atoms with Gasteiger partial charge >= 0.3 is 11.9 Å². The Balaban J connectivity index is 2.07. The van der Waals surface area contributed by atoms with Crippen molar-refractivity contribution in [2.45, 2.75) is 38.5 Å². The summed E-state index contributed by atoms with van der Waals surface area (Å²) in [5.74, 6) is -0.984. The van der Waals surface area contributed by atoms with Crippen LogP contribution in [0.4, 0.5) is 0 Å². The lowest BCUT2D eigenvalue weighted by Crippen LogP contribution is -2.45. The first kappa shape index (κ1) is 12.1. The van der Waals surface area contributed by atoms with Crippen LogP contribution in [-0.4, -0.2) is 24.2 Å². The van der Waals surface area contributed by atoms with Crippen molar-refractivity contribution < 1.29 is 19.4 Å². The van der Waals surface area contributed by atoms with Crippen LogP contribution in [0, 0.1) is 10.8 Å². The Labute approximate surface area is 101 Å². The molecule has 94 valence electrons. The molecule has 0 aliphatic heterocycles. The molecule has 0 aromatic rings. The van der Waals surface area contributed by atoms with Crippen molar-refractivity contribution in [3.05, 3.63) is 12.2 Å². The van der Waals surface area contributed by atoms with E-state index in [0.29, 0.717) is 0 Å². The standard InChI is InChI=1S/C13H18O4/c1-17-10(14)2-3-12-4-7-13(8-5-12,9-6-12)11(15)16/h2-3H,4-9H2,1H3,(H,15,16)/b3-2+. The van der Waals surface area contributed by atoms with E-state index < -0.39 is 11.4 Å². The van der Waals surface area contributed by atoms with Gasteiger partial charge in [-0.25, -0.2) is 4.79 Å². The molecule has 0 saturated heterocycles. The molecule has 0 amide bonds. The van der Waals surface area contributed by atoms with E-state index in [1.807, 2.05) is 6.08 Å². The largest absolute Gasteiger partial charge is 0.481 e. The minimum absolute atomic E-state index is 0.0331. The van der Waals surface area contributed by atoms with Crippen molar-refractivity contribution in [3.63, 3.8) is 0 Å². The summed E-state index contributed by atoms with van der Waals surface area (Å²) in [5.41, 5.74) is -0.452. The predicted octanol–water partition coefficient (Wildman–Crippen LogP) is 2.14. The quantitative estimate of drug-likeness (QED) is 0.604. The molecule has 0 spiro atoms. The van der Waals surface area contributed by atoms with Gasteiger partial charge in [-0.1, -0.05) is 6.08 Å². The zero-order valence-electron chi connectivity index (χ0n) is 10.1. The first-order chi connectivity index (χ1) is 8.02. The summed E-state index contributed by atoms with van der Waals surface area (Å²) in [6.45, 7) is 0. The summed E-state index contributed by atoms with van der Waals surface area (Å²) in [4.78, 5) is 22.4. The van der Waals surface area contributed by atoms with Gasteiger partial charge in [0.1, 0.15) is 0 Å². The third kappa shape index (κ3) is 2.08. The number of esters is 1. The van der Waals surface area contributed by atoms with Gasteiger partial charge in [0.25, 0.3) is 0 Å². The van der Waals surface area contributed by atoms with Crippen molar-refractivity contribution in [1.29, 1.82) is 0 Å². The van der Waals surface area contributed by atoms with E-state index in [0.717, 1.165) is 38.5 Å². The van der Waals surface area contributed by atoms with Gasteiger partial charge in [0.2, 0.25) is 0 Å². The lowest BCUT2D eigenvalue weighted by atomic mass is 9.54. The van der Waals surface area contributed by atoms with Gasteiger partial charge < -0.3 is 9.84 Å². The number of carbonyl (C=O) groups is 2. The van der Waals surface area contributed by atoms with Gasteiger partial charge in [-0.3, -0.25) is 4.79 Å². The molecule has 4 nitrogen and oxygen atoms in total. The highest BCUT2D eigenvalue weighted by atomic mass is 16.5. The van der Waals surface area contributed by atoms with Crippen LogP contribution in [0.15, 0.2) is 12.2 Å². The monoisotopic (exact) mass is 238 g/mol. The maximum atomic E-state index is 11.3. The highest BCUT2D eigenvalue weighted by Gasteiger charge is 2.51. The molecule has 3 aliphatic carbocycles. The smallest absolute Gasteiger partial charge is 0.330 e. The Hall–Kier alpha value is -1.32. The highest BCUT2D eigenvalue weighted by Crippen LogP contribution is 2.57. The number of aliphatic carboxylic acids is 1. The van der Waals surface area contributed by atoms with Gasteiger partial charge in [0, 0.05) is 6.08 Å². The number of carbonyl (C=O) groups excluding carboxylic acids is 1. The fraction of sp³-hybridized carbons (Fsp3) is 0.692. The summed E-state index contributed by atoms with van der Waals surface area (Å²) in [7, 11) is 1.36. The van der Waals surface area contributed by atoms with Crippen molar-refractivity contribution >= 4 is 11.9 Å².